The van der Waals surface area contributed by atoms with Crippen molar-refractivity contribution in [1.29, 1.82) is 0 Å². The lowest BCUT2D eigenvalue weighted by Gasteiger charge is -2.21. The molecule has 0 aliphatic rings. The van der Waals surface area contributed by atoms with Crippen LogP contribution in [0.15, 0.2) is 46.9 Å². The van der Waals surface area contributed by atoms with Crippen LogP contribution in [-0.4, -0.2) is 13.6 Å². The summed E-state index contributed by atoms with van der Waals surface area (Å²) in [5, 5.41) is 0. The number of nitrogens with two attached hydrogens (primary N) is 1. The van der Waals surface area contributed by atoms with Crippen molar-refractivity contribution in [2.24, 2.45) is 5.73 Å². The zero-order valence-corrected chi connectivity index (χ0v) is 13.0. The van der Waals surface area contributed by atoms with Gasteiger partial charge in [-0.25, -0.2) is 4.39 Å². The first-order valence-electron chi connectivity index (χ1n) is 6.54. The van der Waals surface area contributed by atoms with Gasteiger partial charge in [0.1, 0.15) is 5.82 Å². The molecule has 0 saturated heterocycles. The van der Waals surface area contributed by atoms with E-state index in [1.807, 2.05) is 36.2 Å². The van der Waals surface area contributed by atoms with Crippen LogP contribution < -0.4 is 10.6 Å². The normalized spacial score (nSPS) is 10.6. The highest BCUT2D eigenvalue weighted by Gasteiger charge is 2.07. The molecule has 4 heteroatoms. The number of halogens is 2. The molecule has 0 bridgehead atoms. The predicted molar refractivity (Wildman–Crippen MR) is 85.4 cm³/mol. The number of hydrogen-bond acceptors (Lipinski definition) is 2. The third-order valence-corrected chi connectivity index (χ3v) is 3.96. The lowest BCUT2D eigenvalue weighted by molar-refractivity contribution is 0.624. The average Bonchev–Trinajstić information content (AvgIpc) is 2.41. The summed E-state index contributed by atoms with van der Waals surface area (Å²) in [6.45, 7) is 1.24. The summed E-state index contributed by atoms with van der Waals surface area (Å²) in [5.74, 6) is -0.218. The van der Waals surface area contributed by atoms with Crippen molar-refractivity contribution in [1.82, 2.24) is 0 Å². The van der Waals surface area contributed by atoms with Crippen LogP contribution in [0.4, 0.5) is 10.1 Å². The monoisotopic (exact) mass is 336 g/mol. The van der Waals surface area contributed by atoms with Gasteiger partial charge < -0.3 is 10.6 Å². The fourth-order valence-electron chi connectivity index (χ4n) is 2.14. The third kappa shape index (κ3) is 3.81. The molecule has 0 amide bonds. The van der Waals surface area contributed by atoms with E-state index in [4.69, 9.17) is 5.73 Å². The van der Waals surface area contributed by atoms with Crippen LogP contribution in [0.3, 0.4) is 0 Å². The molecule has 0 aliphatic carbocycles. The molecule has 106 valence electrons. The molecule has 0 unspecified atom stereocenters. The average molecular weight is 337 g/mol. The Morgan fingerprint density at radius 1 is 1.20 bits per heavy atom. The Morgan fingerprint density at radius 3 is 2.65 bits per heavy atom. The van der Waals surface area contributed by atoms with Gasteiger partial charge in [0.2, 0.25) is 0 Å². The van der Waals surface area contributed by atoms with Crippen LogP contribution in [0.2, 0.25) is 0 Å². The van der Waals surface area contributed by atoms with Crippen molar-refractivity contribution in [3.8, 4) is 0 Å². The molecule has 0 spiro atoms. The highest BCUT2D eigenvalue weighted by Crippen LogP contribution is 2.23. The van der Waals surface area contributed by atoms with Crippen molar-refractivity contribution < 1.29 is 4.39 Å². The van der Waals surface area contributed by atoms with Crippen LogP contribution in [0.5, 0.6) is 0 Å². The fraction of sp³-hybridized carbons (Fsp3) is 0.250. The Kier molecular flexibility index (Phi) is 5.15. The maximum Gasteiger partial charge on any atom is 0.125 e. The molecule has 0 saturated carbocycles. The Labute approximate surface area is 127 Å². The molecule has 2 rings (SSSR count). The Bertz CT molecular complexity index is 586. The number of rotatable bonds is 5. The number of benzene rings is 2. The zero-order chi connectivity index (χ0) is 14.5. The summed E-state index contributed by atoms with van der Waals surface area (Å²) >= 11 is 3.53. The topological polar surface area (TPSA) is 29.3 Å². The molecule has 0 heterocycles. The lowest BCUT2D eigenvalue weighted by Crippen LogP contribution is -2.17. The third-order valence-electron chi connectivity index (χ3n) is 3.18. The standard InChI is InChI=1S/C16H18BrFN2/c1-20(11-13-4-2-3-5-16(13)17)15-9-12(6-7-19)8-14(18)10-15/h2-5,8-10H,6-7,11,19H2,1H3. The maximum atomic E-state index is 13.7. The van der Waals surface area contributed by atoms with Crippen molar-refractivity contribution in [2.45, 2.75) is 13.0 Å². The van der Waals surface area contributed by atoms with E-state index in [0.717, 1.165) is 15.7 Å². The molecule has 20 heavy (non-hydrogen) atoms. The minimum absolute atomic E-state index is 0.218. The van der Waals surface area contributed by atoms with Crippen LogP contribution in [-0.2, 0) is 13.0 Å². The molecule has 0 aliphatic heterocycles. The molecular weight excluding hydrogens is 319 g/mol. The number of hydrogen-bond donors (Lipinski definition) is 1. The van der Waals surface area contributed by atoms with Gasteiger partial charge >= 0.3 is 0 Å². The highest BCUT2D eigenvalue weighted by atomic mass is 79.9. The predicted octanol–water partition coefficient (Wildman–Crippen LogP) is 3.73. The Hall–Kier alpha value is -1.39. The second kappa shape index (κ2) is 6.86. The van der Waals surface area contributed by atoms with Gasteiger partial charge in [-0.1, -0.05) is 34.1 Å². The highest BCUT2D eigenvalue weighted by molar-refractivity contribution is 9.10. The van der Waals surface area contributed by atoms with E-state index in [0.29, 0.717) is 19.5 Å². The van der Waals surface area contributed by atoms with Crippen LogP contribution in [0.1, 0.15) is 11.1 Å². The van der Waals surface area contributed by atoms with E-state index in [2.05, 4.69) is 22.0 Å². The Balaban J connectivity index is 2.20. The van der Waals surface area contributed by atoms with Gasteiger partial charge in [0.05, 0.1) is 0 Å². The molecule has 0 fully saturated rings. The number of anilines is 1. The minimum atomic E-state index is -0.218. The van der Waals surface area contributed by atoms with Gasteiger partial charge in [0, 0.05) is 23.8 Å². The summed E-state index contributed by atoms with van der Waals surface area (Å²) in [5.41, 5.74) is 8.50. The van der Waals surface area contributed by atoms with Crippen molar-refractivity contribution in [2.75, 3.05) is 18.5 Å². The molecule has 2 N–H and O–H groups in total. The summed E-state index contributed by atoms with van der Waals surface area (Å²) in [6, 6.07) is 13.1. The quantitative estimate of drug-likeness (QED) is 0.901. The molecule has 2 aromatic carbocycles. The summed E-state index contributed by atoms with van der Waals surface area (Å²) < 4.78 is 14.7. The second-order valence-corrected chi connectivity index (χ2v) is 5.66. The van der Waals surface area contributed by atoms with Crippen LogP contribution in [0, 0.1) is 5.82 Å². The van der Waals surface area contributed by atoms with E-state index < -0.39 is 0 Å². The van der Waals surface area contributed by atoms with E-state index in [9.17, 15) is 4.39 Å². The van der Waals surface area contributed by atoms with Crippen molar-refractivity contribution in [3.05, 3.63) is 63.9 Å². The summed E-state index contributed by atoms with van der Waals surface area (Å²) in [6.07, 6.45) is 0.688. The smallest absolute Gasteiger partial charge is 0.125 e. The van der Waals surface area contributed by atoms with Gasteiger partial charge in [-0.3, -0.25) is 0 Å². The van der Waals surface area contributed by atoms with Gasteiger partial charge in [0.15, 0.2) is 0 Å². The van der Waals surface area contributed by atoms with Crippen molar-refractivity contribution in [3.63, 3.8) is 0 Å². The van der Waals surface area contributed by atoms with Gasteiger partial charge in [-0.2, -0.15) is 0 Å². The summed E-state index contributed by atoms with van der Waals surface area (Å²) in [7, 11) is 1.96. The largest absolute Gasteiger partial charge is 0.370 e. The first-order chi connectivity index (χ1) is 9.60. The first kappa shape index (κ1) is 15.0. The van der Waals surface area contributed by atoms with Crippen molar-refractivity contribution >= 4 is 21.6 Å². The zero-order valence-electron chi connectivity index (χ0n) is 11.4. The molecule has 0 atom stereocenters. The van der Waals surface area contributed by atoms with Gasteiger partial charge in [-0.05, 0) is 48.4 Å². The molecule has 2 aromatic rings. The van der Waals surface area contributed by atoms with E-state index >= 15 is 0 Å². The molecule has 2 nitrogen and oxygen atoms in total. The summed E-state index contributed by atoms with van der Waals surface area (Å²) in [4.78, 5) is 2.03. The fourth-order valence-corrected chi connectivity index (χ4v) is 2.55. The Morgan fingerprint density at radius 2 is 1.95 bits per heavy atom. The van der Waals surface area contributed by atoms with Crippen LogP contribution >= 0.6 is 15.9 Å². The lowest BCUT2D eigenvalue weighted by atomic mass is 10.1. The SMILES string of the molecule is CN(Cc1ccccc1Br)c1cc(F)cc(CCN)c1. The maximum absolute atomic E-state index is 13.7. The number of nitrogens with zero attached hydrogens (tertiary/aromatic N) is 1. The molecule has 0 aromatic heterocycles. The molecular formula is C16H18BrFN2. The minimum Gasteiger partial charge on any atom is -0.370 e. The van der Waals surface area contributed by atoms with E-state index in [-0.39, 0.29) is 5.82 Å². The van der Waals surface area contributed by atoms with Gasteiger partial charge in [0.25, 0.3) is 0 Å². The van der Waals surface area contributed by atoms with Gasteiger partial charge in [-0.15, -0.1) is 0 Å². The second-order valence-electron chi connectivity index (χ2n) is 4.80. The first-order valence-corrected chi connectivity index (χ1v) is 7.33. The van der Waals surface area contributed by atoms with E-state index in [1.54, 1.807) is 12.1 Å². The van der Waals surface area contributed by atoms with Crippen LogP contribution in [0.25, 0.3) is 0 Å². The van der Waals surface area contributed by atoms with E-state index in [1.165, 1.54) is 5.56 Å². The molecule has 0 radical (unpaired) electrons.